The Morgan fingerprint density at radius 3 is 2.44 bits per heavy atom. The van der Waals surface area contributed by atoms with Gasteiger partial charge in [-0.3, -0.25) is 0 Å². The third kappa shape index (κ3) is 3.64. The molecule has 3 nitrogen and oxygen atoms in total. The van der Waals surface area contributed by atoms with Crippen molar-refractivity contribution in [2.45, 2.75) is 57.3 Å². The molecule has 2 aromatic rings. The predicted octanol–water partition coefficient (Wildman–Crippen LogP) is 5.53. The molecule has 1 heterocycles. The minimum atomic E-state index is -3.48. The van der Waals surface area contributed by atoms with E-state index >= 15 is 0 Å². The molecule has 0 aliphatic carbocycles. The Hall–Kier alpha value is -1.81. The van der Waals surface area contributed by atoms with E-state index in [1.807, 2.05) is 24.3 Å². The SMILES string of the molecule is CCCC[C@@]1(CC)CS(=O)(=O)c2cc(O)ccc2[C@@H](c2ccccc2)C1C. The summed E-state index contributed by atoms with van der Waals surface area (Å²) in [4.78, 5) is 0.301. The Bertz CT molecular complexity index is 889. The molecule has 1 aliphatic heterocycles. The number of unbranched alkanes of at least 4 members (excludes halogenated alkanes) is 1. The topological polar surface area (TPSA) is 54.4 Å². The van der Waals surface area contributed by atoms with Gasteiger partial charge in [0.05, 0.1) is 10.6 Å². The van der Waals surface area contributed by atoms with E-state index in [0.717, 1.165) is 36.8 Å². The first-order valence-corrected chi connectivity index (χ1v) is 11.6. The van der Waals surface area contributed by atoms with Crippen molar-refractivity contribution < 1.29 is 13.5 Å². The molecular weight excluding hydrogens is 356 g/mol. The third-order valence-electron chi connectivity index (χ3n) is 6.50. The molecule has 0 amide bonds. The van der Waals surface area contributed by atoms with E-state index in [9.17, 15) is 13.5 Å². The van der Waals surface area contributed by atoms with Gasteiger partial charge in [0.2, 0.25) is 0 Å². The summed E-state index contributed by atoms with van der Waals surface area (Å²) >= 11 is 0. The maximum atomic E-state index is 13.4. The number of sulfone groups is 1. The molecule has 27 heavy (non-hydrogen) atoms. The summed E-state index contributed by atoms with van der Waals surface area (Å²) < 4.78 is 26.8. The minimum Gasteiger partial charge on any atom is -0.508 e. The molecule has 0 bridgehead atoms. The van der Waals surface area contributed by atoms with Gasteiger partial charge in [0.1, 0.15) is 5.75 Å². The van der Waals surface area contributed by atoms with Crippen LogP contribution < -0.4 is 0 Å². The van der Waals surface area contributed by atoms with Crippen LogP contribution in [0.2, 0.25) is 0 Å². The standard InChI is InChI=1S/C23H30O3S/c1-4-6-14-23(5-2)16-27(25,26)21-15-19(24)12-13-20(21)22(17(23)3)18-10-8-7-9-11-18/h7-13,15,17,22,24H,4-6,14,16H2,1-3H3/t17?,22-,23+/m1/s1. The highest BCUT2D eigenvalue weighted by atomic mass is 32.2. The van der Waals surface area contributed by atoms with E-state index in [-0.39, 0.29) is 28.8 Å². The molecule has 1 unspecified atom stereocenters. The smallest absolute Gasteiger partial charge is 0.179 e. The Morgan fingerprint density at radius 1 is 1.11 bits per heavy atom. The molecule has 0 fully saturated rings. The van der Waals surface area contributed by atoms with Crippen LogP contribution in [0.1, 0.15) is 63.5 Å². The summed E-state index contributed by atoms with van der Waals surface area (Å²) in [6.45, 7) is 6.49. The van der Waals surface area contributed by atoms with Crippen molar-refractivity contribution in [2.24, 2.45) is 11.3 Å². The second-order valence-corrected chi connectivity index (χ2v) is 9.94. The molecule has 0 radical (unpaired) electrons. The Labute approximate surface area is 163 Å². The highest BCUT2D eigenvalue weighted by molar-refractivity contribution is 7.91. The molecule has 0 saturated carbocycles. The van der Waals surface area contributed by atoms with Crippen LogP contribution in [-0.2, 0) is 9.84 Å². The van der Waals surface area contributed by atoms with Crippen LogP contribution in [0.15, 0.2) is 53.4 Å². The number of fused-ring (bicyclic) bond motifs is 1. The Balaban J connectivity index is 2.28. The lowest BCUT2D eigenvalue weighted by Gasteiger charge is -2.41. The quantitative estimate of drug-likeness (QED) is 0.734. The summed E-state index contributed by atoms with van der Waals surface area (Å²) in [7, 11) is -3.48. The lowest BCUT2D eigenvalue weighted by Crippen LogP contribution is -2.37. The second-order valence-electron chi connectivity index (χ2n) is 7.98. The van der Waals surface area contributed by atoms with E-state index in [1.54, 1.807) is 6.07 Å². The van der Waals surface area contributed by atoms with Crippen LogP contribution >= 0.6 is 0 Å². The number of hydrogen-bond acceptors (Lipinski definition) is 3. The minimum absolute atomic E-state index is 0.00381. The molecule has 146 valence electrons. The monoisotopic (exact) mass is 386 g/mol. The van der Waals surface area contributed by atoms with Crippen molar-refractivity contribution in [3.63, 3.8) is 0 Å². The van der Waals surface area contributed by atoms with Gasteiger partial charge in [0, 0.05) is 5.92 Å². The number of rotatable bonds is 5. The van der Waals surface area contributed by atoms with Crippen molar-refractivity contribution in [2.75, 3.05) is 5.75 Å². The highest BCUT2D eigenvalue weighted by Gasteiger charge is 2.47. The van der Waals surface area contributed by atoms with Crippen LogP contribution in [0, 0.1) is 11.3 Å². The number of benzene rings is 2. The van der Waals surface area contributed by atoms with Gasteiger partial charge < -0.3 is 5.11 Å². The van der Waals surface area contributed by atoms with Crippen molar-refractivity contribution in [1.29, 1.82) is 0 Å². The summed E-state index contributed by atoms with van der Waals surface area (Å²) in [5.41, 5.74) is 1.69. The number of hydrogen-bond donors (Lipinski definition) is 1. The number of phenolic OH excluding ortho intramolecular Hbond substituents is 1. The second kappa shape index (κ2) is 7.67. The van der Waals surface area contributed by atoms with Gasteiger partial charge in [0.25, 0.3) is 0 Å². The lowest BCUT2D eigenvalue weighted by atomic mass is 9.64. The zero-order valence-electron chi connectivity index (χ0n) is 16.5. The number of phenols is 1. The van der Waals surface area contributed by atoms with Gasteiger partial charge in [-0.05, 0) is 47.4 Å². The maximum absolute atomic E-state index is 13.4. The fourth-order valence-corrected chi connectivity index (χ4v) is 7.20. The van der Waals surface area contributed by atoms with Gasteiger partial charge in [-0.1, -0.05) is 70.0 Å². The van der Waals surface area contributed by atoms with Crippen LogP contribution in [0.25, 0.3) is 0 Å². The summed E-state index contributed by atoms with van der Waals surface area (Å²) in [5.74, 6) is 0.333. The van der Waals surface area contributed by atoms with Gasteiger partial charge >= 0.3 is 0 Å². The summed E-state index contributed by atoms with van der Waals surface area (Å²) in [6, 6.07) is 15.1. The fraction of sp³-hybridized carbons (Fsp3) is 0.478. The summed E-state index contributed by atoms with van der Waals surface area (Å²) in [6.07, 6.45) is 3.81. The maximum Gasteiger partial charge on any atom is 0.179 e. The fourth-order valence-electron chi connectivity index (χ4n) is 4.82. The van der Waals surface area contributed by atoms with Gasteiger partial charge in [-0.25, -0.2) is 8.42 Å². The summed E-state index contributed by atoms with van der Waals surface area (Å²) in [5, 5.41) is 10.00. The van der Waals surface area contributed by atoms with Gasteiger partial charge in [0.15, 0.2) is 9.84 Å². The molecule has 4 heteroatoms. The predicted molar refractivity (Wildman–Crippen MR) is 110 cm³/mol. The van der Waals surface area contributed by atoms with Crippen molar-refractivity contribution in [1.82, 2.24) is 0 Å². The van der Waals surface area contributed by atoms with E-state index in [4.69, 9.17) is 0 Å². The van der Waals surface area contributed by atoms with Crippen LogP contribution in [0.3, 0.4) is 0 Å². The van der Waals surface area contributed by atoms with Crippen molar-refractivity contribution in [3.05, 3.63) is 59.7 Å². The Kier molecular flexibility index (Phi) is 5.66. The molecular formula is C23H30O3S. The molecule has 0 saturated heterocycles. The first-order valence-electron chi connectivity index (χ1n) is 9.95. The van der Waals surface area contributed by atoms with Crippen molar-refractivity contribution >= 4 is 9.84 Å². The van der Waals surface area contributed by atoms with Gasteiger partial charge in [-0.2, -0.15) is 0 Å². The normalized spacial score (nSPS) is 26.9. The lowest BCUT2D eigenvalue weighted by molar-refractivity contribution is 0.160. The van der Waals surface area contributed by atoms with Crippen LogP contribution in [0.4, 0.5) is 0 Å². The molecule has 1 aliphatic rings. The molecule has 3 rings (SSSR count). The largest absolute Gasteiger partial charge is 0.508 e. The first-order chi connectivity index (χ1) is 12.8. The molecule has 0 aromatic heterocycles. The zero-order chi connectivity index (χ0) is 19.7. The van der Waals surface area contributed by atoms with E-state index < -0.39 is 9.84 Å². The van der Waals surface area contributed by atoms with Gasteiger partial charge in [-0.15, -0.1) is 0 Å². The molecule has 2 aromatic carbocycles. The van der Waals surface area contributed by atoms with E-state index in [2.05, 4.69) is 32.9 Å². The number of aromatic hydroxyl groups is 1. The van der Waals surface area contributed by atoms with E-state index in [0.29, 0.717) is 4.90 Å². The van der Waals surface area contributed by atoms with Crippen molar-refractivity contribution in [3.8, 4) is 5.75 Å². The molecule has 1 N–H and O–H groups in total. The molecule has 0 spiro atoms. The first kappa shape index (κ1) is 19.9. The third-order valence-corrected chi connectivity index (χ3v) is 8.48. The molecule has 3 atom stereocenters. The van der Waals surface area contributed by atoms with E-state index in [1.165, 1.54) is 6.07 Å². The highest BCUT2D eigenvalue weighted by Crippen LogP contribution is 2.52. The van der Waals surface area contributed by atoms with Crippen LogP contribution in [0.5, 0.6) is 5.75 Å². The average molecular weight is 387 g/mol. The van der Waals surface area contributed by atoms with Crippen LogP contribution in [-0.4, -0.2) is 19.3 Å². The zero-order valence-corrected chi connectivity index (χ0v) is 17.3. The Morgan fingerprint density at radius 2 is 1.81 bits per heavy atom. The average Bonchev–Trinajstić information content (AvgIpc) is 2.73.